The molecule has 32 heavy (non-hydrogen) atoms. The molecule has 0 fully saturated rings. The van der Waals surface area contributed by atoms with Crippen molar-refractivity contribution in [2.45, 2.75) is 52.5 Å². The molecule has 0 radical (unpaired) electrons. The van der Waals surface area contributed by atoms with Crippen molar-refractivity contribution in [2.24, 2.45) is 0 Å². The number of imidazole rings is 1. The monoisotopic (exact) mass is 450 g/mol. The zero-order valence-corrected chi connectivity index (χ0v) is 19.1. The topological polar surface area (TPSA) is 85.4 Å². The van der Waals surface area contributed by atoms with Crippen LogP contribution in [0.15, 0.2) is 47.0 Å². The van der Waals surface area contributed by atoms with E-state index in [0.29, 0.717) is 18.8 Å². The summed E-state index contributed by atoms with van der Waals surface area (Å²) in [6.07, 6.45) is 8.58. The van der Waals surface area contributed by atoms with Gasteiger partial charge >= 0.3 is 0 Å². The molecule has 0 aliphatic carbocycles. The first-order valence-electron chi connectivity index (χ1n) is 10.9. The van der Waals surface area contributed by atoms with Crippen molar-refractivity contribution in [2.75, 3.05) is 0 Å². The predicted molar refractivity (Wildman–Crippen MR) is 125 cm³/mol. The fourth-order valence-electron chi connectivity index (χ4n) is 3.66. The third-order valence-electron chi connectivity index (χ3n) is 5.40. The number of halogens is 1. The van der Waals surface area contributed by atoms with Crippen LogP contribution in [0.25, 0.3) is 11.6 Å². The normalized spacial score (nSPS) is 11.9. The lowest BCUT2D eigenvalue weighted by Gasteiger charge is -2.12. The second-order valence-corrected chi connectivity index (χ2v) is 8.20. The number of nitrogens with zero attached hydrogens (tertiary/aromatic N) is 5. The van der Waals surface area contributed by atoms with Gasteiger partial charge in [-0.25, -0.2) is 4.98 Å². The van der Waals surface area contributed by atoms with E-state index in [0.717, 1.165) is 64.9 Å². The molecular weight excluding hydrogens is 424 g/mol. The summed E-state index contributed by atoms with van der Waals surface area (Å²) < 4.78 is 7.97. The van der Waals surface area contributed by atoms with E-state index in [-0.39, 0.29) is 0 Å². The number of nitrogens with one attached hydrogen (secondary N) is 1. The molecule has 0 aliphatic rings. The van der Waals surface area contributed by atoms with Gasteiger partial charge in [-0.05, 0) is 54.8 Å². The van der Waals surface area contributed by atoms with Gasteiger partial charge in [0.1, 0.15) is 17.3 Å². The number of furan rings is 1. The lowest BCUT2D eigenvalue weighted by atomic mass is 10.1. The molecule has 166 valence electrons. The van der Waals surface area contributed by atoms with E-state index in [1.807, 2.05) is 43.5 Å². The van der Waals surface area contributed by atoms with Gasteiger partial charge in [0.25, 0.3) is 0 Å². The highest BCUT2D eigenvalue weighted by molar-refractivity contribution is 6.31. The highest BCUT2D eigenvalue weighted by atomic mass is 35.5. The molecule has 0 spiro atoms. The number of tetrazole rings is 1. The summed E-state index contributed by atoms with van der Waals surface area (Å²) in [6, 6.07) is 11.9. The molecule has 0 amide bonds. The van der Waals surface area contributed by atoms with Crippen molar-refractivity contribution < 1.29 is 4.42 Å². The van der Waals surface area contributed by atoms with Gasteiger partial charge in [-0.3, -0.25) is 0 Å². The summed E-state index contributed by atoms with van der Waals surface area (Å²) in [5.74, 6) is 3.47. The number of rotatable bonds is 10. The number of aromatic nitrogens is 6. The van der Waals surface area contributed by atoms with Gasteiger partial charge in [-0.1, -0.05) is 43.1 Å². The van der Waals surface area contributed by atoms with Gasteiger partial charge in [0.15, 0.2) is 0 Å². The summed E-state index contributed by atoms with van der Waals surface area (Å²) in [7, 11) is 0. The number of hydrogen-bond donors (Lipinski definition) is 1. The number of aryl methyl sites for hydroxylation is 3. The number of unbranched alkanes of at least 4 members (excludes halogenated alkanes) is 1. The number of H-pyrrole nitrogens is 1. The second-order valence-electron chi connectivity index (χ2n) is 7.80. The molecule has 7 nitrogen and oxygen atoms in total. The van der Waals surface area contributed by atoms with Crippen LogP contribution in [-0.4, -0.2) is 30.2 Å². The quantitative estimate of drug-likeness (QED) is 0.344. The van der Waals surface area contributed by atoms with Gasteiger partial charge in [0.2, 0.25) is 5.82 Å². The van der Waals surface area contributed by atoms with Gasteiger partial charge in [0, 0.05) is 23.4 Å². The fraction of sp³-hybridized carbons (Fsp3) is 0.333. The van der Waals surface area contributed by atoms with Crippen LogP contribution in [0.1, 0.15) is 60.6 Å². The first kappa shape index (κ1) is 22.0. The lowest BCUT2D eigenvalue weighted by molar-refractivity contribution is 0.484. The molecule has 1 N–H and O–H groups in total. The molecular formula is C24H27ClN6O. The molecule has 0 bridgehead atoms. The van der Waals surface area contributed by atoms with Crippen molar-refractivity contribution in [1.82, 2.24) is 30.2 Å². The molecule has 3 heterocycles. The predicted octanol–water partition coefficient (Wildman–Crippen LogP) is 5.52. The number of benzene rings is 1. The average molecular weight is 451 g/mol. The second kappa shape index (κ2) is 10.4. The van der Waals surface area contributed by atoms with Gasteiger partial charge < -0.3 is 8.98 Å². The zero-order chi connectivity index (χ0) is 22.3. The van der Waals surface area contributed by atoms with E-state index in [2.05, 4.69) is 44.3 Å². The Hall–Kier alpha value is -3.19. The summed E-state index contributed by atoms with van der Waals surface area (Å²) in [4.78, 5) is 4.73. The van der Waals surface area contributed by atoms with Crippen LogP contribution in [0.2, 0.25) is 5.02 Å². The maximum Gasteiger partial charge on any atom is 0.200 e. The van der Waals surface area contributed by atoms with Gasteiger partial charge in [-0.15, -0.1) is 10.2 Å². The van der Waals surface area contributed by atoms with Crippen molar-refractivity contribution in [3.8, 4) is 0 Å². The molecule has 4 rings (SSSR count). The zero-order valence-electron chi connectivity index (χ0n) is 18.4. The number of allylic oxidation sites excluding steroid dienone is 1. The molecule has 0 aliphatic heterocycles. The van der Waals surface area contributed by atoms with Crippen LogP contribution in [0, 0.1) is 6.92 Å². The standard InChI is InChI=1S/C24H27ClN6O/c1-3-4-9-23-26-15-20(31(23)16-19-7-5-6-8-22(19)25)14-18(24-27-29-30-28-24)11-13-21-12-10-17(2)32-21/h5-8,10,12,14-15H,3-4,9,11,13,16H2,1-2H3,(H,27,28,29,30). The van der Waals surface area contributed by atoms with Crippen LogP contribution in [0.3, 0.4) is 0 Å². The Bertz CT molecular complexity index is 1180. The Balaban J connectivity index is 1.68. The highest BCUT2D eigenvalue weighted by Gasteiger charge is 2.14. The van der Waals surface area contributed by atoms with E-state index >= 15 is 0 Å². The van der Waals surface area contributed by atoms with Crippen LogP contribution >= 0.6 is 11.6 Å². The molecule has 4 aromatic rings. The largest absolute Gasteiger partial charge is 0.466 e. The molecule has 0 saturated heterocycles. The molecule has 8 heteroatoms. The Morgan fingerprint density at radius 1 is 1.19 bits per heavy atom. The van der Waals surface area contributed by atoms with Crippen molar-refractivity contribution >= 4 is 23.3 Å². The molecule has 0 saturated carbocycles. The number of aromatic amines is 1. The van der Waals surface area contributed by atoms with Gasteiger partial charge in [0.05, 0.1) is 18.4 Å². The average Bonchev–Trinajstić information content (AvgIpc) is 3.54. The molecule has 0 atom stereocenters. The summed E-state index contributed by atoms with van der Waals surface area (Å²) in [5.41, 5.74) is 3.02. The summed E-state index contributed by atoms with van der Waals surface area (Å²) >= 11 is 6.46. The van der Waals surface area contributed by atoms with E-state index in [9.17, 15) is 0 Å². The van der Waals surface area contributed by atoms with E-state index < -0.39 is 0 Å². The minimum Gasteiger partial charge on any atom is -0.466 e. The Kier molecular flexibility index (Phi) is 7.17. The summed E-state index contributed by atoms with van der Waals surface area (Å²) in [5, 5.41) is 15.5. The van der Waals surface area contributed by atoms with Crippen LogP contribution in [-0.2, 0) is 19.4 Å². The van der Waals surface area contributed by atoms with Crippen LogP contribution in [0.5, 0.6) is 0 Å². The summed E-state index contributed by atoms with van der Waals surface area (Å²) in [6.45, 7) is 4.79. The SMILES string of the molecule is CCCCc1ncc(C=C(CCc2ccc(C)o2)c2nn[nH]n2)n1Cc1ccccc1Cl. The smallest absolute Gasteiger partial charge is 0.200 e. The van der Waals surface area contributed by atoms with E-state index in [4.69, 9.17) is 21.0 Å². The highest BCUT2D eigenvalue weighted by Crippen LogP contribution is 2.24. The first-order chi connectivity index (χ1) is 15.6. The molecule has 3 aromatic heterocycles. The Morgan fingerprint density at radius 3 is 2.78 bits per heavy atom. The number of hydrogen-bond acceptors (Lipinski definition) is 5. The minimum atomic E-state index is 0.578. The van der Waals surface area contributed by atoms with E-state index in [1.54, 1.807) is 0 Å². The maximum absolute atomic E-state index is 6.46. The minimum absolute atomic E-state index is 0.578. The Morgan fingerprint density at radius 2 is 2.06 bits per heavy atom. The third-order valence-corrected chi connectivity index (χ3v) is 5.77. The maximum atomic E-state index is 6.46. The molecule has 1 aromatic carbocycles. The Labute approximate surface area is 192 Å². The van der Waals surface area contributed by atoms with Crippen LogP contribution < -0.4 is 0 Å². The van der Waals surface area contributed by atoms with Crippen LogP contribution in [0.4, 0.5) is 0 Å². The molecule has 0 unspecified atom stereocenters. The fourth-order valence-corrected chi connectivity index (χ4v) is 3.86. The van der Waals surface area contributed by atoms with Crippen molar-refractivity contribution in [3.05, 3.63) is 82.0 Å². The first-order valence-corrected chi connectivity index (χ1v) is 11.3. The lowest BCUT2D eigenvalue weighted by Crippen LogP contribution is -2.08. The van der Waals surface area contributed by atoms with Gasteiger partial charge in [-0.2, -0.15) is 5.21 Å². The third kappa shape index (κ3) is 5.34. The van der Waals surface area contributed by atoms with Crippen molar-refractivity contribution in [3.63, 3.8) is 0 Å². The van der Waals surface area contributed by atoms with E-state index in [1.165, 1.54) is 0 Å². The van der Waals surface area contributed by atoms with Crippen molar-refractivity contribution in [1.29, 1.82) is 0 Å².